The first-order valence-corrected chi connectivity index (χ1v) is 9.51. The van der Waals surface area contributed by atoms with Crippen LogP contribution in [0.15, 0.2) is 23.2 Å². The molecule has 0 spiro atoms. The fraction of sp³-hybridized carbons (Fsp3) is 0.545. The quantitative estimate of drug-likeness (QED) is 0.764. The summed E-state index contributed by atoms with van der Waals surface area (Å²) in [5.74, 6) is -0.0450. The molecule has 0 aromatic carbocycles. The molecule has 1 saturated heterocycles. The number of nitrogens with one attached hydrogen (secondary N) is 1. The molecule has 1 atom stereocenters. The molecule has 2 rings (SSSR count). The van der Waals surface area contributed by atoms with Crippen molar-refractivity contribution in [2.24, 2.45) is 5.73 Å². The van der Waals surface area contributed by atoms with E-state index in [0.717, 1.165) is 0 Å². The zero-order valence-electron chi connectivity index (χ0n) is 10.8. The lowest BCUT2D eigenvalue weighted by Gasteiger charge is -2.23. The molecule has 112 valence electrons. The van der Waals surface area contributed by atoms with Crippen LogP contribution in [0.5, 0.6) is 0 Å². The van der Waals surface area contributed by atoms with E-state index in [1.54, 1.807) is 0 Å². The van der Waals surface area contributed by atoms with E-state index >= 15 is 0 Å². The van der Waals surface area contributed by atoms with Crippen LogP contribution in [0.2, 0.25) is 0 Å². The number of sulfonamides is 1. The van der Waals surface area contributed by atoms with Crippen LogP contribution < -0.4 is 10.5 Å². The number of aromatic nitrogens is 1. The van der Waals surface area contributed by atoms with Crippen LogP contribution in [0, 0.1) is 0 Å². The highest BCUT2D eigenvalue weighted by Gasteiger charge is 2.29. The first-order chi connectivity index (χ1) is 9.34. The first-order valence-electron chi connectivity index (χ1n) is 6.21. The fourth-order valence-corrected chi connectivity index (χ4v) is 5.43. The molecule has 1 aromatic heterocycles. The van der Waals surface area contributed by atoms with Gasteiger partial charge in [0.05, 0.1) is 17.2 Å². The van der Waals surface area contributed by atoms with Crippen LogP contribution >= 0.6 is 0 Å². The predicted octanol–water partition coefficient (Wildman–Crippen LogP) is -0.604. The van der Waals surface area contributed by atoms with E-state index in [2.05, 4.69) is 9.71 Å². The summed E-state index contributed by atoms with van der Waals surface area (Å²) in [5, 5.41) is 0. The maximum Gasteiger partial charge on any atom is 0.242 e. The van der Waals surface area contributed by atoms with Crippen molar-refractivity contribution in [3.63, 3.8) is 0 Å². The van der Waals surface area contributed by atoms with Crippen molar-refractivity contribution < 1.29 is 16.8 Å². The van der Waals surface area contributed by atoms with Crippen molar-refractivity contribution in [2.45, 2.75) is 30.3 Å². The Hall–Kier alpha value is -1.03. The highest BCUT2D eigenvalue weighted by atomic mass is 32.2. The molecule has 2 heterocycles. The lowest BCUT2D eigenvalue weighted by Crippen LogP contribution is -2.43. The van der Waals surface area contributed by atoms with Crippen LogP contribution in [-0.4, -0.2) is 39.4 Å². The Labute approximate surface area is 118 Å². The third-order valence-electron chi connectivity index (χ3n) is 3.12. The number of nitrogens with two attached hydrogens (primary N) is 1. The number of hydrogen-bond acceptors (Lipinski definition) is 6. The minimum absolute atomic E-state index is 0.0000482. The molecule has 20 heavy (non-hydrogen) atoms. The fourth-order valence-electron chi connectivity index (χ4n) is 2.22. The van der Waals surface area contributed by atoms with Crippen molar-refractivity contribution in [1.29, 1.82) is 0 Å². The summed E-state index contributed by atoms with van der Waals surface area (Å²) in [6.45, 7) is 0.0000482. The second-order valence-electron chi connectivity index (χ2n) is 4.73. The summed E-state index contributed by atoms with van der Waals surface area (Å²) in [6, 6.07) is 2.32. The van der Waals surface area contributed by atoms with E-state index in [0.29, 0.717) is 12.8 Å². The highest BCUT2D eigenvalue weighted by Crippen LogP contribution is 2.17. The third-order valence-corrected chi connectivity index (χ3v) is 6.53. The van der Waals surface area contributed by atoms with E-state index in [4.69, 9.17) is 5.73 Å². The topological polar surface area (TPSA) is 119 Å². The van der Waals surface area contributed by atoms with Gasteiger partial charge in [-0.05, 0) is 25.0 Å². The van der Waals surface area contributed by atoms with Crippen molar-refractivity contribution in [3.8, 4) is 0 Å². The summed E-state index contributed by atoms with van der Waals surface area (Å²) in [5.41, 5.74) is 5.74. The summed E-state index contributed by atoms with van der Waals surface area (Å²) in [6.07, 6.45) is 2.44. The number of rotatable bonds is 4. The SMILES string of the molecule is NCc1ncccc1S(=O)(=O)NC1CCCS(=O)(=O)C1. The second kappa shape index (κ2) is 5.76. The number of pyridine rings is 1. The van der Waals surface area contributed by atoms with Gasteiger partial charge in [-0.1, -0.05) is 0 Å². The molecule has 7 nitrogen and oxygen atoms in total. The maximum atomic E-state index is 12.3. The molecule has 1 aliphatic heterocycles. The lowest BCUT2D eigenvalue weighted by atomic mass is 10.2. The zero-order chi connectivity index (χ0) is 14.8. The van der Waals surface area contributed by atoms with Crippen LogP contribution in [0.4, 0.5) is 0 Å². The molecule has 0 aliphatic carbocycles. The van der Waals surface area contributed by atoms with Gasteiger partial charge in [0.1, 0.15) is 4.90 Å². The largest absolute Gasteiger partial charge is 0.325 e. The normalized spacial score (nSPS) is 22.6. The molecule has 0 amide bonds. The summed E-state index contributed by atoms with van der Waals surface area (Å²) < 4.78 is 50.1. The lowest BCUT2D eigenvalue weighted by molar-refractivity contribution is 0.516. The average molecular weight is 319 g/mol. The maximum absolute atomic E-state index is 12.3. The Morgan fingerprint density at radius 2 is 2.20 bits per heavy atom. The van der Waals surface area contributed by atoms with Crippen LogP contribution in [0.3, 0.4) is 0 Å². The van der Waals surface area contributed by atoms with Gasteiger partial charge < -0.3 is 5.73 Å². The van der Waals surface area contributed by atoms with E-state index in [1.807, 2.05) is 0 Å². The third kappa shape index (κ3) is 3.54. The molecule has 1 fully saturated rings. The van der Waals surface area contributed by atoms with Crippen LogP contribution in [0.1, 0.15) is 18.5 Å². The number of nitrogens with zero attached hydrogens (tertiary/aromatic N) is 1. The van der Waals surface area contributed by atoms with Gasteiger partial charge in [0.2, 0.25) is 10.0 Å². The standard InChI is InChI=1S/C11H17N3O4S2/c12-7-10-11(4-1-5-13-10)20(17,18)14-9-3-2-6-19(15,16)8-9/h1,4-5,9,14H,2-3,6-8,12H2. The van der Waals surface area contributed by atoms with Gasteiger partial charge in [-0.25, -0.2) is 21.6 Å². The van der Waals surface area contributed by atoms with Gasteiger partial charge >= 0.3 is 0 Å². The van der Waals surface area contributed by atoms with Crippen LogP contribution in [0.25, 0.3) is 0 Å². The highest BCUT2D eigenvalue weighted by molar-refractivity contribution is 7.91. The molecular weight excluding hydrogens is 302 g/mol. The van der Waals surface area contributed by atoms with Crippen molar-refractivity contribution in [3.05, 3.63) is 24.0 Å². The first kappa shape index (κ1) is 15.4. The Kier molecular flexibility index (Phi) is 4.43. The number of hydrogen-bond donors (Lipinski definition) is 2. The molecule has 0 saturated carbocycles. The predicted molar refractivity (Wildman–Crippen MR) is 74.1 cm³/mol. The van der Waals surface area contributed by atoms with E-state index in [1.165, 1.54) is 18.3 Å². The molecule has 0 radical (unpaired) electrons. The Bertz CT molecular complexity index is 685. The average Bonchev–Trinajstić information content (AvgIpc) is 2.37. The van der Waals surface area contributed by atoms with Crippen molar-refractivity contribution in [1.82, 2.24) is 9.71 Å². The van der Waals surface area contributed by atoms with Gasteiger partial charge in [-0.2, -0.15) is 0 Å². The minimum atomic E-state index is -3.81. The molecule has 9 heteroatoms. The number of sulfone groups is 1. The van der Waals surface area contributed by atoms with Gasteiger partial charge in [-0.3, -0.25) is 4.98 Å². The van der Waals surface area contributed by atoms with Crippen molar-refractivity contribution >= 4 is 19.9 Å². The molecule has 1 aliphatic rings. The van der Waals surface area contributed by atoms with Gasteiger partial charge in [0.25, 0.3) is 0 Å². The monoisotopic (exact) mass is 319 g/mol. The molecule has 0 bridgehead atoms. The molecular formula is C11H17N3O4S2. The van der Waals surface area contributed by atoms with Crippen molar-refractivity contribution in [2.75, 3.05) is 11.5 Å². The second-order valence-corrected chi connectivity index (χ2v) is 8.64. The summed E-state index contributed by atoms with van der Waals surface area (Å²) >= 11 is 0. The summed E-state index contributed by atoms with van der Waals surface area (Å²) in [7, 11) is -6.98. The Morgan fingerprint density at radius 1 is 1.45 bits per heavy atom. The summed E-state index contributed by atoms with van der Waals surface area (Å²) in [4.78, 5) is 3.93. The minimum Gasteiger partial charge on any atom is -0.325 e. The Balaban J connectivity index is 2.23. The Morgan fingerprint density at radius 3 is 2.85 bits per heavy atom. The van der Waals surface area contributed by atoms with Gasteiger partial charge in [0.15, 0.2) is 9.84 Å². The zero-order valence-corrected chi connectivity index (χ0v) is 12.5. The van der Waals surface area contributed by atoms with E-state index in [-0.39, 0.29) is 28.6 Å². The van der Waals surface area contributed by atoms with Gasteiger partial charge in [-0.15, -0.1) is 0 Å². The van der Waals surface area contributed by atoms with Gasteiger partial charge in [0, 0.05) is 18.8 Å². The molecule has 3 N–H and O–H groups in total. The molecule has 1 unspecified atom stereocenters. The molecule has 1 aromatic rings. The smallest absolute Gasteiger partial charge is 0.242 e. The van der Waals surface area contributed by atoms with E-state index < -0.39 is 25.9 Å². The van der Waals surface area contributed by atoms with E-state index in [9.17, 15) is 16.8 Å². The van der Waals surface area contributed by atoms with Crippen LogP contribution in [-0.2, 0) is 26.4 Å².